The lowest BCUT2D eigenvalue weighted by Gasteiger charge is -2.15. The molecule has 0 bridgehead atoms. The fourth-order valence-electron chi connectivity index (χ4n) is 3.25. The SMILES string of the molecule is COc1ccc(CNC(=O)CC[C@H](NS(=O)(=O)c2ccc(-c3ccccc3)cc2)C(=O)O)cc1. The molecule has 0 saturated carbocycles. The predicted molar refractivity (Wildman–Crippen MR) is 128 cm³/mol. The Morgan fingerprint density at radius 3 is 2.12 bits per heavy atom. The minimum absolute atomic E-state index is 0.0533. The molecule has 3 N–H and O–H groups in total. The highest BCUT2D eigenvalue weighted by molar-refractivity contribution is 7.89. The number of nitrogens with one attached hydrogen (secondary N) is 2. The third kappa shape index (κ3) is 6.90. The third-order valence-electron chi connectivity index (χ3n) is 5.18. The number of methoxy groups -OCH3 is 1. The van der Waals surface area contributed by atoms with Crippen LogP contribution in [0.15, 0.2) is 83.8 Å². The lowest BCUT2D eigenvalue weighted by Crippen LogP contribution is -2.41. The van der Waals surface area contributed by atoms with E-state index in [9.17, 15) is 23.1 Å². The van der Waals surface area contributed by atoms with Gasteiger partial charge in [-0.05, 0) is 47.4 Å². The van der Waals surface area contributed by atoms with E-state index in [0.717, 1.165) is 16.7 Å². The molecule has 0 aliphatic heterocycles. The van der Waals surface area contributed by atoms with Crippen LogP contribution in [0.5, 0.6) is 5.75 Å². The summed E-state index contributed by atoms with van der Waals surface area (Å²) in [7, 11) is -2.53. The van der Waals surface area contributed by atoms with Crippen LogP contribution in [0.4, 0.5) is 0 Å². The van der Waals surface area contributed by atoms with E-state index >= 15 is 0 Å². The third-order valence-corrected chi connectivity index (χ3v) is 6.66. The summed E-state index contributed by atoms with van der Waals surface area (Å²) in [5.41, 5.74) is 2.62. The summed E-state index contributed by atoms with van der Waals surface area (Å²) in [5, 5.41) is 12.2. The number of benzene rings is 3. The number of amides is 1. The molecule has 9 heteroatoms. The Bertz CT molecular complexity index is 1210. The Hall–Kier alpha value is -3.69. The standard InChI is InChI=1S/C25H26N2O6S/c1-33-21-11-7-18(8-12-21)17-26-24(28)16-15-23(25(29)30)27-34(31,32)22-13-9-20(10-14-22)19-5-3-2-4-6-19/h2-14,23,27H,15-17H2,1H3,(H,26,28)(H,29,30)/t23-/m0/s1. The van der Waals surface area contributed by atoms with Crippen molar-refractivity contribution in [3.63, 3.8) is 0 Å². The maximum Gasteiger partial charge on any atom is 0.321 e. The lowest BCUT2D eigenvalue weighted by molar-refractivity contribution is -0.139. The van der Waals surface area contributed by atoms with Crippen molar-refractivity contribution < 1.29 is 27.9 Å². The summed E-state index contributed by atoms with van der Waals surface area (Å²) < 4.78 is 32.7. The van der Waals surface area contributed by atoms with Crippen LogP contribution in [0.2, 0.25) is 0 Å². The second-order valence-corrected chi connectivity index (χ2v) is 9.28. The molecular weight excluding hydrogens is 456 g/mol. The second kappa shape index (κ2) is 11.4. The molecule has 0 saturated heterocycles. The van der Waals surface area contributed by atoms with Gasteiger partial charge >= 0.3 is 5.97 Å². The van der Waals surface area contributed by atoms with Crippen molar-refractivity contribution in [2.45, 2.75) is 30.3 Å². The van der Waals surface area contributed by atoms with Gasteiger partial charge in [0.15, 0.2) is 0 Å². The Balaban J connectivity index is 1.56. The summed E-state index contributed by atoms with van der Waals surface area (Å²) in [6.07, 6.45) is -0.340. The van der Waals surface area contributed by atoms with Crippen LogP contribution in [-0.2, 0) is 26.2 Å². The Morgan fingerprint density at radius 1 is 0.912 bits per heavy atom. The number of carboxylic acid groups (broad SMARTS) is 1. The van der Waals surface area contributed by atoms with Gasteiger partial charge in [-0.3, -0.25) is 9.59 Å². The van der Waals surface area contributed by atoms with Gasteiger partial charge in [0.25, 0.3) is 0 Å². The number of carbonyl (C=O) groups excluding carboxylic acids is 1. The van der Waals surface area contributed by atoms with Gasteiger partial charge in [-0.1, -0.05) is 54.6 Å². The van der Waals surface area contributed by atoms with Crippen molar-refractivity contribution in [1.82, 2.24) is 10.0 Å². The largest absolute Gasteiger partial charge is 0.497 e. The van der Waals surface area contributed by atoms with Crippen LogP contribution in [0, 0.1) is 0 Å². The van der Waals surface area contributed by atoms with E-state index in [-0.39, 0.29) is 30.2 Å². The molecule has 34 heavy (non-hydrogen) atoms. The van der Waals surface area contributed by atoms with Gasteiger partial charge in [-0.15, -0.1) is 0 Å². The highest BCUT2D eigenvalue weighted by Gasteiger charge is 2.26. The zero-order valence-electron chi connectivity index (χ0n) is 18.6. The van der Waals surface area contributed by atoms with Crippen molar-refractivity contribution in [3.8, 4) is 16.9 Å². The Labute approximate surface area is 198 Å². The number of aliphatic carboxylic acids is 1. The lowest BCUT2D eigenvalue weighted by atomic mass is 10.1. The molecule has 3 rings (SSSR count). The highest BCUT2D eigenvalue weighted by atomic mass is 32.2. The number of carbonyl (C=O) groups is 2. The summed E-state index contributed by atoms with van der Waals surface area (Å²) in [6, 6.07) is 21.3. The van der Waals surface area contributed by atoms with Crippen LogP contribution in [0.25, 0.3) is 11.1 Å². The van der Waals surface area contributed by atoms with E-state index in [0.29, 0.717) is 5.75 Å². The zero-order valence-corrected chi connectivity index (χ0v) is 19.4. The molecule has 3 aromatic carbocycles. The molecule has 8 nitrogen and oxygen atoms in total. The topological polar surface area (TPSA) is 122 Å². The number of hydrogen-bond acceptors (Lipinski definition) is 5. The van der Waals surface area contributed by atoms with E-state index in [1.165, 1.54) is 12.1 Å². The van der Waals surface area contributed by atoms with E-state index in [1.807, 2.05) is 30.3 Å². The van der Waals surface area contributed by atoms with E-state index in [2.05, 4.69) is 10.0 Å². The average molecular weight is 483 g/mol. The first-order valence-electron chi connectivity index (χ1n) is 10.6. The number of hydrogen-bond donors (Lipinski definition) is 3. The highest BCUT2D eigenvalue weighted by Crippen LogP contribution is 2.21. The maximum absolute atomic E-state index is 12.7. The number of rotatable bonds is 11. The van der Waals surface area contributed by atoms with Gasteiger partial charge in [0.05, 0.1) is 12.0 Å². The van der Waals surface area contributed by atoms with E-state index in [1.54, 1.807) is 43.5 Å². The first-order valence-corrected chi connectivity index (χ1v) is 12.1. The Morgan fingerprint density at radius 2 is 1.53 bits per heavy atom. The van der Waals surface area contributed by atoms with Crippen LogP contribution >= 0.6 is 0 Å². The van der Waals surface area contributed by atoms with Crippen LogP contribution in [0.1, 0.15) is 18.4 Å². The number of carboxylic acids is 1. The average Bonchev–Trinajstić information content (AvgIpc) is 2.86. The minimum Gasteiger partial charge on any atom is -0.497 e. The zero-order chi connectivity index (χ0) is 24.6. The quantitative estimate of drug-likeness (QED) is 0.386. The fourth-order valence-corrected chi connectivity index (χ4v) is 4.48. The molecule has 0 unspecified atom stereocenters. The van der Waals surface area contributed by atoms with Crippen LogP contribution < -0.4 is 14.8 Å². The van der Waals surface area contributed by atoms with Crippen LogP contribution in [0.3, 0.4) is 0 Å². The van der Waals surface area contributed by atoms with Gasteiger partial charge in [-0.2, -0.15) is 4.72 Å². The summed E-state index contributed by atoms with van der Waals surface area (Å²) in [4.78, 5) is 23.7. The smallest absolute Gasteiger partial charge is 0.321 e. The van der Waals surface area contributed by atoms with Gasteiger partial charge in [0.2, 0.25) is 15.9 Å². The monoisotopic (exact) mass is 482 g/mol. The summed E-state index contributed by atoms with van der Waals surface area (Å²) in [5.74, 6) is -1.04. The van der Waals surface area contributed by atoms with Crippen molar-refractivity contribution in [2.24, 2.45) is 0 Å². The molecule has 0 spiro atoms. The molecule has 0 radical (unpaired) electrons. The molecule has 1 atom stereocenters. The molecule has 0 aliphatic rings. The van der Waals surface area contributed by atoms with Gasteiger partial charge < -0.3 is 15.2 Å². The molecule has 1 amide bonds. The fraction of sp³-hybridized carbons (Fsp3) is 0.200. The minimum atomic E-state index is -4.09. The second-order valence-electron chi connectivity index (χ2n) is 7.57. The van der Waals surface area contributed by atoms with Crippen molar-refractivity contribution in [3.05, 3.63) is 84.4 Å². The van der Waals surface area contributed by atoms with Crippen molar-refractivity contribution >= 4 is 21.9 Å². The molecule has 0 heterocycles. The molecule has 0 aliphatic carbocycles. The van der Waals surface area contributed by atoms with Crippen molar-refractivity contribution in [1.29, 1.82) is 0 Å². The Kier molecular flexibility index (Phi) is 8.39. The normalized spacial score (nSPS) is 12.0. The molecule has 0 fully saturated rings. The molecular formula is C25H26N2O6S. The molecule has 178 valence electrons. The van der Waals surface area contributed by atoms with E-state index < -0.39 is 22.0 Å². The van der Waals surface area contributed by atoms with E-state index in [4.69, 9.17) is 4.74 Å². The number of sulfonamides is 1. The number of ether oxygens (including phenoxy) is 1. The van der Waals surface area contributed by atoms with Gasteiger partial charge in [0.1, 0.15) is 11.8 Å². The molecule has 0 aromatic heterocycles. The summed E-state index contributed by atoms with van der Waals surface area (Å²) in [6.45, 7) is 0.264. The van der Waals surface area contributed by atoms with Gasteiger partial charge in [0, 0.05) is 13.0 Å². The first-order chi connectivity index (χ1) is 16.3. The first kappa shape index (κ1) is 24.9. The molecule has 3 aromatic rings. The van der Waals surface area contributed by atoms with Gasteiger partial charge in [-0.25, -0.2) is 8.42 Å². The predicted octanol–water partition coefficient (Wildman–Crippen LogP) is 3.19. The summed E-state index contributed by atoms with van der Waals surface area (Å²) >= 11 is 0. The van der Waals surface area contributed by atoms with Crippen LogP contribution in [-0.4, -0.2) is 38.6 Å². The maximum atomic E-state index is 12.7. The van der Waals surface area contributed by atoms with Crippen molar-refractivity contribution in [2.75, 3.05) is 7.11 Å².